The van der Waals surface area contributed by atoms with Gasteiger partial charge in [0.25, 0.3) is 0 Å². The van der Waals surface area contributed by atoms with Crippen LogP contribution in [0.5, 0.6) is 0 Å². The molecule has 2 aromatic rings. The molecule has 0 radical (unpaired) electrons. The standard InChI is InChI=1S/C20H23Cl2N3O3/c21-14-7-5-8-15(22)18(14)25-16-9-2-1-6-13(16)12-17(26)20(24,19(27)28)10-3-4-11-23/h1-2,5-9,25H,3-4,10-12,23-24H2,(H,27,28)/t20-/m1/s1. The predicted molar refractivity (Wildman–Crippen MR) is 112 cm³/mol. The minimum atomic E-state index is -1.95. The molecule has 1 atom stereocenters. The molecule has 8 heteroatoms. The number of carboxylic acid groups (broad SMARTS) is 1. The number of nitrogens with one attached hydrogen (secondary N) is 1. The van der Waals surface area contributed by atoms with E-state index in [2.05, 4.69) is 5.32 Å². The first-order valence-corrected chi connectivity index (χ1v) is 9.59. The Morgan fingerprint density at radius 1 is 1.04 bits per heavy atom. The van der Waals surface area contributed by atoms with E-state index in [1.54, 1.807) is 42.5 Å². The van der Waals surface area contributed by atoms with Crippen LogP contribution in [0.3, 0.4) is 0 Å². The summed E-state index contributed by atoms with van der Waals surface area (Å²) in [6.45, 7) is 0.412. The van der Waals surface area contributed by atoms with Gasteiger partial charge in [0.1, 0.15) is 0 Å². The summed E-state index contributed by atoms with van der Waals surface area (Å²) < 4.78 is 0. The molecular formula is C20H23Cl2N3O3. The van der Waals surface area contributed by atoms with Crippen molar-refractivity contribution in [3.05, 3.63) is 58.1 Å². The van der Waals surface area contributed by atoms with E-state index in [9.17, 15) is 14.7 Å². The number of ketones is 1. The topological polar surface area (TPSA) is 118 Å². The van der Waals surface area contributed by atoms with Gasteiger partial charge in [-0.2, -0.15) is 0 Å². The van der Waals surface area contributed by atoms with Gasteiger partial charge in [0.05, 0.1) is 15.7 Å². The molecule has 0 unspecified atom stereocenters. The van der Waals surface area contributed by atoms with Gasteiger partial charge >= 0.3 is 5.97 Å². The zero-order valence-corrected chi connectivity index (χ0v) is 16.8. The van der Waals surface area contributed by atoms with Gasteiger partial charge in [-0.25, -0.2) is 4.79 Å². The fourth-order valence-corrected chi connectivity index (χ4v) is 3.28. The normalized spacial score (nSPS) is 13.0. The molecule has 0 saturated carbocycles. The second-order valence-electron chi connectivity index (χ2n) is 6.50. The molecule has 28 heavy (non-hydrogen) atoms. The lowest BCUT2D eigenvalue weighted by atomic mass is 9.85. The minimum absolute atomic E-state index is 0.0320. The number of anilines is 2. The van der Waals surface area contributed by atoms with Gasteiger partial charge in [0.15, 0.2) is 11.3 Å². The average molecular weight is 424 g/mol. The van der Waals surface area contributed by atoms with Crippen molar-refractivity contribution in [2.75, 3.05) is 11.9 Å². The summed E-state index contributed by atoms with van der Waals surface area (Å²) in [7, 11) is 0. The highest BCUT2D eigenvalue weighted by Gasteiger charge is 2.41. The number of carboxylic acids is 1. The first kappa shape index (κ1) is 22.2. The third-order valence-electron chi connectivity index (χ3n) is 4.50. The summed E-state index contributed by atoms with van der Waals surface area (Å²) in [5.74, 6) is -1.91. The number of aliphatic carboxylic acids is 1. The zero-order chi connectivity index (χ0) is 20.7. The third kappa shape index (κ3) is 5.23. The maximum absolute atomic E-state index is 12.8. The van der Waals surface area contributed by atoms with E-state index < -0.39 is 17.3 Å². The number of carbonyl (C=O) groups excluding carboxylic acids is 1. The number of benzene rings is 2. The Kier molecular flexibility index (Phi) is 7.83. The van der Waals surface area contributed by atoms with Crippen LogP contribution in [0, 0.1) is 0 Å². The van der Waals surface area contributed by atoms with Crippen LogP contribution in [0.1, 0.15) is 24.8 Å². The van der Waals surface area contributed by atoms with Crippen LogP contribution in [0.25, 0.3) is 0 Å². The van der Waals surface area contributed by atoms with Crippen molar-refractivity contribution in [1.82, 2.24) is 0 Å². The maximum Gasteiger partial charge on any atom is 0.331 e. The monoisotopic (exact) mass is 423 g/mol. The van der Waals surface area contributed by atoms with Crippen LogP contribution in [-0.4, -0.2) is 28.9 Å². The Labute approximate surface area is 173 Å². The Morgan fingerprint density at radius 3 is 2.29 bits per heavy atom. The van der Waals surface area contributed by atoms with E-state index in [1.165, 1.54) is 0 Å². The molecule has 6 nitrogen and oxygen atoms in total. The summed E-state index contributed by atoms with van der Waals surface area (Å²) in [5, 5.41) is 13.5. The van der Waals surface area contributed by atoms with E-state index in [1.807, 2.05) is 0 Å². The fourth-order valence-electron chi connectivity index (χ4n) is 2.79. The zero-order valence-electron chi connectivity index (χ0n) is 15.3. The average Bonchev–Trinajstić information content (AvgIpc) is 2.66. The van der Waals surface area contributed by atoms with Crippen molar-refractivity contribution < 1.29 is 14.7 Å². The third-order valence-corrected chi connectivity index (χ3v) is 5.13. The van der Waals surface area contributed by atoms with Crippen LogP contribution in [-0.2, 0) is 16.0 Å². The smallest absolute Gasteiger partial charge is 0.331 e. The van der Waals surface area contributed by atoms with Crippen molar-refractivity contribution in [2.24, 2.45) is 11.5 Å². The molecule has 0 fully saturated rings. The van der Waals surface area contributed by atoms with Gasteiger partial charge in [-0.3, -0.25) is 4.79 Å². The second kappa shape index (κ2) is 9.89. The first-order valence-electron chi connectivity index (χ1n) is 8.84. The number of Topliss-reactive ketones (excluding diaryl/α,β-unsaturated/α-hetero) is 1. The van der Waals surface area contributed by atoms with E-state index in [0.717, 1.165) is 0 Å². The van der Waals surface area contributed by atoms with E-state index in [-0.39, 0.29) is 12.8 Å². The number of carbonyl (C=O) groups is 2. The number of unbranched alkanes of at least 4 members (excludes halogenated alkanes) is 1. The summed E-state index contributed by atoms with van der Waals surface area (Å²) in [6.07, 6.45) is 0.948. The van der Waals surface area contributed by atoms with Crippen molar-refractivity contribution in [3.8, 4) is 0 Å². The highest BCUT2D eigenvalue weighted by atomic mass is 35.5. The molecule has 0 heterocycles. The van der Waals surface area contributed by atoms with Gasteiger partial charge in [0, 0.05) is 12.1 Å². The fraction of sp³-hybridized carbons (Fsp3) is 0.300. The Bertz CT molecular complexity index is 840. The number of rotatable bonds is 10. The maximum atomic E-state index is 12.8. The predicted octanol–water partition coefficient (Wildman–Crippen LogP) is 3.76. The van der Waals surface area contributed by atoms with E-state index in [4.69, 9.17) is 34.7 Å². The summed E-state index contributed by atoms with van der Waals surface area (Å²) >= 11 is 12.4. The minimum Gasteiger partial charge on any atom is -0.480 e. The lowest BCUT2D eigenvalue weighted by molar-refractivity contribution is -0.148. The van der Waals surface area contributed by atoms with Crippen molar-refractivity contribution in [1.29, 1.82) is 0 Å². The molecular weight excluding hydrogens is 401 g/mol. The molecule has 2 aromatic carbocycles. The molecule has 0 saturated heterocycles. The molecule has 0 aliphatic carbocycles. The number of hydrogen-bond acceptors (Lipinski definition) is 5. The summed E-state index contributed by atoms with van der Waals surface area (Å²) in [5.41, 5.74) is 11.2. The second-order valence-corrected chi connectivity index (χ2v) is 7.32. The summed E-state index contributed by atoms with van der Waals surface area (Å²) in [6, 6.07) is 12.1. The molecule has 0 aliphatic heterocycles. The van der Waals surface area contributed by atoms with Gasteiger partial charge < -0.3 is 21.9 Å². The molecule has 0 spiro atoms. The Balaban J connectivity index is 2.26. The van der Waals surface area contributed by atoms with E-state index in [0.29, 0.717) is 46.4 Å². The van der Waals surface area contributed by atoms with Crippen LogP contribution in [0.2, 0.25) is 10.0 Å². The van der Waals surface area contributed by atoms with Gasteiger partial charge in [-0.1, -0.05) is 47.5 Å². The molecule has 0 amide bonds. The van der Waals surface area contributed by atoms with Gasteiger partial charge in [0.2, 0.25) is 0 Å². The number of hydrogen-bond donors (Lipinski definition) is 4. The molecule has 0 bridgehead atoms. The number of nitrogens with two attached hydrogens (primary N) is 2. The first-order chi connectivity index (χ1) is 13.3. The SMILES string of the molecule is NCCCC[C@](N)(C(=O)O)C(=O)Cc1ccccc1Nc1c(Cl)cccc1Cl. The van der Waals surface area contributed by atoms with Crippen molar-refractivity contribution in [2.45, 2.75) is 31.2 Å². The largest absolute Gasteiger partial charge is 0.480 e. The van der Waals surface area contributed by atoms with Crippen molar-refractivity contribution in [3.63, 3.8) is 0 Å². The van der Waals surface area contributed by atoms with Gasteiger partial charge in [-0.15, -0.1) is 0 Å². The molecule has 0 aromatic heterocycles. The Morgan fingerprint density at radius 2 is 1.68 bits per heavy atom. The lowest BCUT2D eigenvalue weighted by Crippen LogP contribution is -2.55. The quantitative estimate of drug-likeness (QED) is 0.341. The Hall–Kier alpha value is -2.12. The number of para-hydroxylation sites is 2. The molecule has 6 N–H and O–H groups in total. The van der Waals surface area contributed by atoms with Crippen LogP contribution in [0.15, 0.2) is 42.5 Å². The highest BCUT2D eigenvalue weighted by molar-refractivity contribution is 6.39. The highest BCUT2D eigenvalue weighted by Crippen LogP contribution is 2.34. The van der Waals surface area contributed by atoms with Crippen LogP contribution >= 0.6 is 23.2 Å². The van der Waals surface area contributed by atoms with Crippen LogP contribution < -0.4 is 16.8 Å². The van der Waals surface area contributed by atoms with Crippen LogP contribution in [0.4, 0.5) is 11.4 Å². The molecule has 150 valence electrons. The van der Waals surface area contributed by atoms with E-state index >= 15 is 0 Å². The summed E-state index contributed by atoms with van der Waals surface area (Å²) in [4.78, 5) is 24.5. The van der Waals surface area contributed by atoms with Gasteiger partial charge in [-0.05, 0) is 49.6 Å². The molecule has 2 rings (SSSR count). The number of halogens is 2. The lowest BCUT2D eigenvalue weighted by Gasteiger charge is -2.24. The molecule has 0 aliphatic rings. The van der Waals surface area contributed by atoms with Crippen molar-refractivity contribution >= 4 is 46.3 Å².